The molecule has 0 aliphatic heterocycles. The molecule has 0 aromatic heterocycles. The average molecular weight is 375 g/mol. The lowest BCUT2D eigenvalue weighted by atomic mass is 9.48. The Balaban J connectivity index is 1.31. The van der Waals surface area contributed by atoms with E-state index in [9.17, 15) is 9.59 Å². The second-order valence-corrected chi connectivity index (χ2v) is 9.20. The molecule has 4 aliphatic rings. The van der Waals surface area contributed by atoms with Crippen LogP contribution in [0.25, 0.3) is 0 Å². The van der Waals surface area contributed by atoms with Crippen LogP contribution < -0.4 is 10.6 Å². The summed E-state index contributed by atoms with van der Waals surface area (Å²) in [5, 5.41) is 6.38. The molecule has 1 unspecified atom stereocenters. The zero-order chi connectivity index (χ0) is 18.3. The molecule has 26 heavy (non-hydrogen) atoms. The number of rotatable bonds is 5. The van der Waals surface area contributed by atoms with Crippen molar-refractivity contribution >= 4 is 23.4 Å². The first-order chi connectivity index (χ1) is 12.4. The number of carbonyl (C=O) groups excluding carboxylic acids is 2. The van der Waals surface area contributed by atoms with Gasteiger partial charge in [0.05, 0.1) is 6.54 Å². The molecule has 2 N–H and O–H groups in total. The zero-order valence-corrected chi connectivity index (χ0v) is 16.0. The first-order valence-corrected chi connectivity index (χ1v) is 10.1. The average Bonchev–Trinajstić information content (AvgIpc) is 2.58. The van der Waals surface area contributed by atoms with E-state index < -0.39 is 0 Å². The minimum atomic E-state index is -0.273. The monoisotopic (exact) mass is 374 g/mol. The van der Waals surface area contributed by atoms with Crippen molar-refractivity contribution in [2.45, 2.75) is 51.5 Å². The number of carbonyl (C=O) groups is 2. The minimum absolute atomic E-state index is 0.00204. The molecule has 1 atom stereocenters. The topological polar surface area (TPSA) is 58.2 Å². The summed E-state index contributed by atoms with van der Waals surface area (Å²) in [5.74, 6) is 2.21. The number of benzene rings is 1. The Morgan fingerprint density at radius 1 is 1.15 bits per heavy atom. The van der Waals surface area contributed by atoms with Gasteiger partial charge in [0, 0.05) is 16.6 Å². The van der Waals surface area contributed by atoms with Gasteiger partial charge in [0.2, 0.25) is 5.91 Å². The van der Waals surface area contributed by atoms with Crippen molar-refractivity contribution in [1.29, 1.82) is 0 Å². The Morgan fingerprint density at radius 3 is 2.35 bits per heavy atom. The van der Waals surface area contributed by atoms with Crippen LogP contribution in [0.15, 0.2) is 24.3 Å². The van der Waals surface area contributed by atoms with Crippen LogP contribution in [0.5, 0.6) is 0 Å². The summed E-state index contributed by atoms with van der Waals surface area (Å²) < 4.78 is 0. The first-order valence-electron chi connectivity index (χ1n) is 9.77. The molecule has 0 spiro atoms. The van der Waals surface area contributed by atoms with Crippen LogP contribution in [0.4, 0.5) is 0 Å². The predicted molar refractivity (Wildman–Crippen MR) is 102 cm³/mol. The quantitative estimate of drug-likeness (QED) is 0.823. The minimum Gasteiger partial charge on any atom is -0.352 e. The van der Waals surface area contributed by atoms with Crippen molar-refractivity contribution in [3.05, 3.63) is 34.9 Å². The van der Waals surface area contributed by atoms with Gasteiger partial charge in [-0.15, -0.1) is 0 Å². The van der Waals surface area contributed by atoms with Gasteiger partial charge in [-0.2, -0.15) is 0 Å². The Morgan fingerprint density at radius 2 is 1.77 bits per heavy atom. The number of amides is 2. The fourth-order valence-electron chi connectivity index (χ4n) is 6.05. The van der Waals surface area contributed by atoms with E-state index in [0.29, 0.717) is 10.6 Å². The van der Waals surface area contributed by atoms with Crippen molar-refractivity contribution < 1.29 is 9.59 Å². The molecule has 0 radical (unpaired) electrons. The lowest BCUT2D eigenvalue weighted by Crippen LogP contribution is -2.56. The Hall–Kier alpha value is -1.55. The Kier molecular flexibility index (Phi) is 4.72. The maximum Gasteiger partial charge on any atom is 0.251 e. The maximum atomic E-state index is 12.4. The second-order valence-electron chi connectivity index (χ2n) is 8.76. The smallest absolute Gasteiger partial charge is 0.251 e. The van der Waals surface area contributed by atoms with E-state index in [-0.39, 0.29) is 29.8 Å². The molecular formula is C21H27ClN2O2. The van der Waals surface area contributed by atoms with Gasteiger partial charge in [-0.3, -0.25) is 9.59 Å². The van der Waals surface area contributed by atoms with Gasteiger partial charge in [0.1, 0.15) is 0 Å². The summed E-state index contributed by atoms with van der Waals surface area (Å²) in [4.78, 5) is 24.6. The molecule has 4 saturated carbocycles. The third-order valence-corrected chi connectivity index (χ3v) is 7.11. The zero-order valence-electron chi connectivity index (χ0n) is 15.3. The summed E-state index contributed by atoms with van der Waals surface area (Å²) in [5.41, 5.74) is 0.751. The molecule has 140 valence electrons. The van der Waals surface area contributed by atoms with Crippen LogP contribution in [0, 0.1) is 23.2 Å². The molecule has 0 saturated heterocycles. The van der Waals surface area contributed by atoms with Crippen LogP contribution in [0.3, 0.4) is 0 Å². The SMILES string of the molecule is CC(NC(=O)CNC(=O)c1cccc(Cl)c1)C12CC3CC(CC(C3)C1)C2. The van der Waals surface area contributed by atoms with E-state index in [1.54, 1.807) is 24.3 Å². The number of hydrogen-bond donors (Lipinski definition) is 2. The fraction of sp³-hybridized carbons (Fsp3) is 0.619. The van der Waals surface area contributed by atoms with Crippen molar-refractivity contribution in [3.63, 3.8) is 0 Å². The van der Waals surface area contributed by atoms with Gasteiger partial charge >= 0.3 is 0 Å². The molecule has 0 heterocycles. The van der Waals surface area contributed by atoms with Crippen LogP contribution in [-0.4, -0.2) is 24.4 Å². The second kappa shape index (κ2) is 6.88. The molecule has 1 aromatic rings. The number of nitrogens with one attached hydrogen (secondary N) is 2. The maximum absolute atomic E-state index is 12.4. The molecule has 4 bridgehead atoms. The molecule has 4 aliphatic carbocycles. The van der Waals surface area contributed by atoms with Crippen molar-refractivity contribution in [2.24, 2.45) is 23.2 Å². The molecule has 2 amide bonds. The van der Waals surface area contributed by atoms with E-state index >= 15 is 0 Å². The van der Waals surface area contributed by atoms with Crippen molar-refractivity contribution in [1.82, 2.24) is 10.6 Å². The van der Waals surface area contributed by atoms with Crippen LogP contribution in [-0.2, 0) is 4.79 Å². The number of hydrogen-bond acceptors (Lipinski definition) is 2. The molecule has 5 heteroatoms. The Labute approximate surface area is 160 Å². The van der Waals surface area contributed by atoms with Crippen molar-refractivity contribution in [2.75, 3.05) is 6.54 Å². The molecule has 4 nitrogen and oxygen atoms in total. The summed E-state index contributed by atoms with van der Waals surface area (Å²) >= 11 is 5.91. The van der Waals surface area contributed by atoms with E-state index in [0.717, 1.165) is 17.8 Å². The highest BCUT2D eigenvalue weighted by Gasteiger charge is 2.53. The van der Waals surface area contributed by atoms with Crippen molar-refractivity contribution in [3.8, 4) is 0 Å². The predicted octanol–water partition coefficient (Wildman–Crippen LogP) is 3.79. The summed E-state index contributed by atoms with van der Waals surface area (Å²) in [6.07, 6.45) is 7.97. The lowest BCUT2D eigenvalue weighted by molar-refractivity contribution is -0.124. The summed E-state index contributed by atoms with van der Waals surface area (Å²) in [6.45, 7) is 2.16. The van der Waals surface area contributed by atoms with E-state index in [1.807, 2.05) is 0 Å². The highest BCUT2D eigenvalue weighted by Crippen LogP contribution is 2.61. The molecule has 4 fully saturated rings. The van der Waals surface area contributed by atoms with Crippen LogP contribution in [0.1, 0.15) is 55.8 Å². The normalized spacial score (nSPS) is 32.9. The van der Waals surface area contributed by atoms with E-state index in [4.69, 9.17) is 11.6 Å². The van der Waals surface area contributed by atoms with E-state index in [1.165, 1.54) is 38.5 Å². The van der Waals surface area contributed by atoms with Gasteiger partial charge in [-0.25, -0.2) is 0 Å². The van der Waals surface area contributed by atoms with Gasteiger partial charge in [-0.05, 0) is 86.8 Å². The van der Waals surface area contributed by atoms with E-state index in [2.05, 4.69) is 17.6 Å². The fourth-order valence-corrected chi connectivity index (χ4v) is 6.24. The lowest BCUT2D eigenvalue weighted by Gasteiger charge is -2.59. The highest BCUT2D eigenvalue weighted by atomic mass is 35.5. The standard InChI is InChI=1S/C21H27ClN2O2/c1-13(21-9-14-5-15(10-21)7-16(6-14)11-21)24-19(25)12-23-20(26)17-3-2-4-18(22)8-17/h2-4,8,13-16H,5-7,9-12H2,1H3,(H,23,26)(H,24,25). The van der Waals surface area contributed by atoms with Gasteiger partial charge in [0.15, 0.2) is 0 Å². The van der Waals surface area contributed by atoms with Gasteiger partial charge < -0.3 is 10.6 Å². The highest BCUT2D eigenvalue weighted by molar-refractivity contribution is 6.30. The molecule has 5 rings (SSSR count). The van der Waals surface area contributed by atoms with Crippen LogP contribution in [0.2, 0.25) is 5.02 Å². The Bertz CT molecular complexity index is 682. The summed E-state index contributed by atoms with van der Waals surface area (Å²) in [6, 6.07) is 6.92. The molecule has 1 aromatic carbocycles. The first kappa shape index (κ1) is 17.8. The number of halogens is 1. The van der Waals surface area contributed by atoms with Crippen LogP contribution >= 0.6 is 11.6 Å². The third kappa shape index (κ3) is 3.48. The van der Waals surface area contributed by atoms with Gasteiger partial charge in [-0.1, -0.05) is 17.7 Å². The largest absolute Gasteiger partial charge is 0.352 e. The van der Waals surface area contributed by atoms with Gasteiger partial charge in [0.25, 0.3) is 5.91 Å². The molecular weight excluding hydrogens is 348 g/mol. The third-order valence-electron chi connectivity index (χ3n) is 6.88. The summed E-state index contributed by atoms with van der Waals surface area (Å²) in [7, 11) is 0.